The molecule has 1 aromatic rings. The molecular weight excluding hydrogens is 286 g/mol. The smallest absolute Gasteiger partial charge is 0.223 e. The van der Waals surface area contributed by atoms with Crippen LogP contribution in [0.5, 0.6) is 0 Å². The van der Waals surface area contributed by atoms with E-state index in [4.69, 9.17) is 15.7 Å². The minimum atomic E-state index is 0. The Labute approximate surface area is 140 Å². The molecule has 3 N–H and O–H groups in total. The number of nitrogens with one attached hydrogen (secondary N) is 1. The molecule has 1 aliphatic carbocycles. The highest BCUT2D eigenvalue weighted by Gasteiger charge is 2.31. The van der Waals surface area contributed by atoms with Crippen LogP contribution in [-0.4, -0.2) is 28.8 Å². The third kappa shape index (κ3) is 3.25. The Kier molecular flexibility index (Phi) is 4.95. The SMILES string of the molecule is CCNc1nc2c(c(C(C)C3CCC(N)CC3)n1)N=CC2CC.[HH]. The quantitative estimate of drug-likeness (QED) is 0.861. The van der Waals surface area contributed by atoms with Gasteiger partial charge in [0.1, 0.15) is 5.69 Å². The molecule has 1 saturated carbocycles. The molecule has 0 bridgehead atoms. The number of anilines is 1. The molecule has 0 aromatic carbocycles. The normalized spacial score (nSPS) is 27.7. The molecule has 1 fully saturated rings. The number of aliphatic imine (C=N–C) groups is 1. The monoisotopic (exact) mass is 317 g/mol. The first kappa shape index (κ1) is 16.4. The van der Waals surface area contributed by atoms with Gasteiger partial charge >= 0.3 is 0 Å². The van der Waals surface area contributed by atoms with Crippen molar-refractivity contribution in [3.63, 3.8) is 0 Å². The van der Waals surface area contributed by atoms with Gasteiger partial charge in [-0.1, -0.05) is 13.8 Å². The second-order valence-electron chi connectivity index (χ2n) is 6.95. The molecule has 2 unspecified atom stereocenters. The number of hydrogen-bond acceptors (Lipinski definition) is 5. The van der Waals surface area contributed by atoms with Crippen LogP contribution in [0.2, 0.25) is 0 Å². The second-order valence-corrected chi connectivity index (χ2v) is 6.95. The predicted molar refractivity (Wildman–Crippen MR) is 97.8 cm³/mol. The number of nitrogens with zero attached hydrogens (tertiary/aromatic N) is 3. The van der Waals surface area contributed by atoms with Crippen LogP contribution < -0.4 is 11.1 Å². The van der Waals surface area contributed by atoms with E-state index in [-0.39, 0.29) is 1.43 Å². The summed E-state index contributed by atoms with van der Waals surface area (Å²) in [7, 11) is 0. The summed E-state index contributed by atoms with van der Waals surface area (Å²) < 4.78 is 0. The maximum atomic E-state index is 6.07. The summed E-state index contributed by atoms with van der Waals surface area (Å²) >= 11 is 0. The van der Waals surface area contributed by atoms with Gasteiger partial charge in [-0.25, -0.2) is 9.97 Å². The van der Waals surface area contributed by atoms with Gasteiger partial charge in [-0.15, -0.1) is 0 Å². The second kappa shape index (κ2) is 6.95. The lowest BCUT2D eigenvalue weighted by molar-refractivity contribution is 0.289. The van der Waals surface area contributed by atoms with E-state index in [1.807, 2.05) is 6.21 Å². The Balaban J connectivity index is 0.00000208. The van der Waals surface area contributed by atoms with Crippen LogP contribution in [0.1, 0.15) is 77.5 Å². The molecule has 0 amide bonds. The van der Waals surface area contributed by atoms with Crippen molar-refractivity contribution in [2.45, 2.75) is 70.8 Å². The summed E-state index contributed by atoms with van der Waals surface area (Å²) in [6.45, 7) is 7.40. The lowest BCUT2D eigenvalue weighted by atomic mass is 9.77. The minimum absolute atomic E-state index is 0. The molecule has 0 radical (unpaired) electrons. The van der Waals surface area contributed by atoms with E-state index in [1.54, 1.807) is 0 Å². The van der Waals surface area contributed by atoms with Crippen molar-refractivity contribution in [1.82, 2.24) is 9.97 Å². The number of hydrogen-bond donors (Lipinski definition) is 2. The predicted octanol–water partition coefficient (Wildman–Crippen LogP) is 3.98. The standard InChI is InChI=1S/C18H29N5.H2/c1-4-12-10-21-17-15(22-18(20-5-2)23-16(12)17)11(3)13-6-8-14(19)9-7-13;/h10-14H,4-9,19H2,1-3H3,(H,20,22,23);1H. The summed E-state index contributed by atoms with van der Waals surface area (Å²) in [4.78, 5) is 14.2. The van der Waals surface area contributed by atoms with Crippen LogP contribution in [-0.2, 0) is 0 Å². The Morgan fingerprint density at radius 3 is 2.65 bits per heavy atom. The van der Waals surface area contributed by atoms with Crippen molar-refractivity contribution in [1.29, 1.82) is 0 Å². The van der Waals surface area contributed by atoms with Crippen molar-refractivity contribution >= 4 is 17.9 Å². The molecule has 23 heavy (non-hydrogen) atoms. The van der Waals surface area contributed by atoms with Gasteiger partial charge in [0.15, 0.2) is 0 Å². The summed E-state index contributed by atoms with van der Waals surface area (Å²) in [6.07, 6.45) is 7.72. The Morgan fingerprint density at radius 2 is 2.00 bits per heavy atom. The molecule has 3 rings (SSSR count). The number of nitrogens with two attached hydrogens (primary N) is 1. The molecular formula is C18H31N5. The fraction of sp³-hybridized carbons (Fsp3) is 0.722. The molecule has 128 valence electrons. The van der Waals surface area contributed by atoms with E-state index < -0.39 is 0 Å². The van der Waals surface area contributed by atoms with Crippen LogP contribution in [0.3, 0.4) is 0 Å². The first-order valence-electron chi connectivity index (χ1n) is 9.09. The Hall–Kier alpha value is -1.49. The summed E-state index contributed by atoms with van der Waals surface area (Å²) in [5, 5.41) is 3.29. The van der Waals surface area contributed by atoms with Gasteiger partial charge in [0.2, 0.25) is 5.95 Å². The third-order valence-electron chi connectivity index (χ3n) is 5.40. The first-order valence-corrected chi connectivity index (χ1v) is 9.09. The maximum Gasteiger partial charge on any atom is 0.223 e. The van der Waals surface area contributed by atoms with E-state index in [0.717, 1.165) is 48.8 Å². The highest BCUT2D eigenvalue weighted by atomic mass is 15.1. The van der Waals surface area contributed by atoms with Crippen molar-refractivity contribution in [2.24, 2.45) is 16.6 Å². The van der Waals surface area contributed by atoms with Gasteiger partial charge in [0.05, 0.1) is 11.4 Å². The molecule has 2 aliphatic rings. The molecule has 0 spiro atoms. The number of rotatable bonds is 5. The molecule has 5 nitrogen and oxygen atoms in total. The van der Waals surface area contributed by atoms with E-state index >= 15 is 0 Å². The molecule has 2 heterocycles. The fourth-order valence-corrected chi connectivity index (χ4v) is 3.84. The summed E-state index contributed by atoms with van der Waals surface area (Å²) in [5.74, 6) is 2.14. The first-order chi connectivity index (χ1) is 11.1. The van der Waals surface area contributed by atoms with Gasteiger partial charge in [0.25, 0.3) is 0 Å². The van der Waals surface area contributed by atoms with Crippen LogP contribution in [0.15, 0.2) is 4.99 Å². The van der Waals surface area contributed by atoms with Crippen LogP contribution in [0, 0.1) is 5.92 Å². The van der Waals surface area contributed by atoms with Gasteiger partial charge in [-0.2, -0.15) is 0 Å². The van der Waals surface area contributed by atoms with E-state index in [0.29, 0.717) is 23.8 Å². The number of aromatic nitrogens is 2. The van der Waals surface area contributed by atoms with Crippen LogP contribution >= 0.6 is 0 Å². The topological polar surface area (TPSA) is 76.2 Å². The van der Waals surface area contributed by atoms with Crippen LogP contribution in [0.25, 0.3) is 0 Å². The molecule has 0 saturated heterocycles. The molecule has 2 atom stereocenters. The summed E-state index contributed by atoms with van der Waals surface area (Å²) in [5.41, 5.74) is 9.32. The van der Waals surface area contributed by atoms with Gasteiger partial charge in [0, 0.05) is 32.1 Å². The lowest BCUT2D eigenvalue weighted by Crippen LogP contribution is -2.28. The maximum absolute atomic E-state index is 6.07. The van der Waals surface area contributed by atoms with Gasteiger partial charge in [-0.05, 0) is 44.9 Å². The van der Waals surface area contributed by atoms with E-state index in [2.05, 4.69) is 31.1 Å². The van der Waals surface area contributed by atoms with Crippen molar-refractivity contribution < 1.29 is 1.43 Å². The highest BCUT2D eigenvalue weighted by molar-refractivity contribution is 5.80. The van der Waals surface area contributed by atoms with Crippen molar-refractivity contribution in [2.75, 3.05) is 11.9 Å². The van der Waals surface area contributed by atoms with Crippen LogP contribution in [0.4, 0.5) is 11.6 Å². The number of fused-ring (bicyclic) bond motifs is 1. The van der Waals surface area contributed by atoms with Crippen molar-refractivity contribution in [3.05, 3.63) is 11.4 Å². The van der Waals surface area contributed by atoms with E-state index in [9.17, 15) is 0 Å². The van der Waals surface area contributed by atoms with Gasteiger partial charge < -0.3 is 11.1 Å². The zero-order chi connectivity index (χ0) is 16.4. The fourth-order valence-electron chi connectivity index (χ4n) is 3.84. The zero-order valence-electron chi connectivity index (χ0n) is 14.5. The largest absolute Gasteiger partial charge is 0.354 e. The van der Waals surface area contributed by atoms with Crippen molar-refractivity contribution in [3.8, 4) is 0 Å². The lowest BCUT2D eigenvalue weighted by Gasteiger charge is -2.31. The zero-order valence-corrected chi connectivity index (χ0v) is 14.5. The third-order valence-corrected chi connectivity index (χ3v) is 5.40. The molecule has 5 heteroatoms. The summed E-state index contributed by atoms with van der Waals surface area (Å²) in [6, 6.07) is 0.384. The average Bonchev–Trinajstić information content (AvgIpc) is 2.97. The van der Waals surface area contributed by atoms with E-state index in [1.165, 1.54) is 12.8 Å². The molecule has 1 aliphatic heterocycles. The minimum Gasteiger partial charge on any atom is -0.354 e. The average molecular weight is 317 g/mol. The highest BCUT2D eigenvalue weighted by Crippen LogP contribution is 2.43. The Bertz CT molecular complexity index is 581. The molecule has 1 aromatic heterocycles. The Morgan fingerprint density at radius 1 is 1.26 bits per heavy atom. The van der Waals surface area contributed by atoms with Gasteiger partial charge in [-0.3, -0.25) is 4.99 Å².